The van der Waals surface area contributed by atoms with E-state index >= 15 is 0 Å². The van der Waals surface area contributed by atoms with Crippen LogP contribution in [0.1, 0.15) is 27.2 Å². The molecule has 94 valence electrons. The van der Waals surface area contributed by atoms with E-state index in [4.69, 9.17) is 10.5 Å². The quantitative estimate of drug-likeness (QED) is 0.609. The molecule has 0 amide bonds. The first kappa shape index (κ1) is 13.4. The van der Waals surface area contributed by atoms with Crippen molar-refractivity contribution in [2.75, 3.05) is 11.9 Å². The molecule has 0 unspecified atom stereocenters. The van der Waals surface area contributed by atoms with Crippen molar-refractivity contribution in [3.63, 3.8) is 0 Å². The summed E-state index contributed by atoms with van der Waals surface area (Å²) < 4.78 is 5.55. The summed E-state index contributed by atoms with van der Waals surface area (Å²) in [6.45, 7) is 6.81. The molecule has 1 aromatic rings. The number of benzene rings is 1. The maximum Gasteiger partial charge on any atom is 0.193 e. The summed E-state index contributed by atoms with van der Waals surface area (Å²) in [5.41, 5.74) is 6.63. The average Bonchev–Trinajstić information content (AvgIpc) is 2.28. The minimum absolute atomic E-state index is 0.185. The zero-order valence-electron chi connectivity index (χ0n) is 10.7. The van der Waals surface area contributed by atoms with Gasteiger partial charge in [0.1, 0.15) is 5.75 Å². The summed E-state index contributed by atoms with van der Waals surface area (Å²) in [4.78, 5) is 4.16. The van der Waals surface area contributed by atoms with E-state index in [0.29, 0.717) is 5.96 Å². The molecule has 0 saturated carbocycles. The summed E-state index contributed by atoms with van der Waals surface area (Å²) in [7, 11) is 0. The van der Waals surface area contributed by atoms with Crippen molar-refractivity contribution in [3.8, 4) is 5.75 Å². The Bertz CT molecular complexity index is 357. The van der Waals surface area contributed by atoms with E-state index in [2.05, 4.69) is 17.2 Å². The molecule has 0 aromatic heterocycles. The van der Waals surface area contributed by atoms with Crippen LogP contribution in [0.2, 0.25) is 0 Å². The van der Waals surface area contributed by atoms with E-state index in [-0.39, 0.29) is 6.10 Å². The van der Waals surface area contributed by atoms with Gasteiger partial charge in [0.25, 0.3) is 0 Å². The Kier molecular flexibility index (Phi) is 5.33. The molecule has 0 saturated heterocycles. The zero-order chi connectivity index (χ0) is 12.7. The molecule has 0 fully saturated rings. The third-order valence-corrected chi connectivity index (χ3v) is 2.00. The summed E-state index contributed by atoms with van der Waals surface area (Å²) in [6.07, 6.45) is 1.17. The number of ether oxygens (including phenoxy) is 1. The third kappa shape index (κ3) is 5.24. The summed E-state index contributed by atoms with van der Waals surface area (Å²) in [5.74, 6) is 1.30. The molecule has 0 aliphatic carbocycles. The van der Waals surface area contributed by atoms with Crippen LogP contribution in [0.3, 0.4) is 0 Å². The van der Waals surface area contributed by atoms with E-state index in [0.717, 1.165) is 24.4 Å². The predicted molar refractivity (Wildman–Crippen MR) is 72.6 cm³/mol. The molecule has 1 rings (SSSR count). The second-order valence-electron chi connectivity index (χ2n) is 4.08. The standard InChI is InChI=1S/C13H21N3O/c1-4-9-15-13(14)16-11-5-7-12(8-6-11)17-10(2)3/h5-8,10H,4,9H2,1-3H3,(H3,14,15,16). The second-order valence-corrected chi connectivity index (χ2v) is 4.08. The molecule has 17 heavy (non-hydrogen) atoms. The maximum atomic E-state index is 5.72. The van der Waals surface area contributed by atoms with Gasteiger partial charge in [0, 0.05) is 12.2 Å². The highest BCUT2D eigenvalue weighted by molar-refractivity contribution is 5.92. The van der Waals surface area contributed by atoms with Gasteiger partial charge >= 0.3 is 0 Å². The van der Waals surface area contributed by atoms with Crippen LogP contribution in [0.25, 0.3) is 0 Å². The number of nitrogens with zero attached hydrogens (tertiary/aromatic N) is 1. The number of anilines is 1. The summed E-state index contributed by atoms with van der Waals surface area (Å²) >= 11 is 0. The molecule has 3 N–H and O–H groups in total. The molecule has 0 aliphatic heterocycles. The molecule has 4 heteroatoms. The van der Waals surface area contributed by atoms with Crippen LogP contribution in [0.15, 0.2) is 29.3 Å². The van der Waals surface area contributed by atoms with Crippen molar-refractivity contribution in [3.05, 3.63) is 24.3 Å². The van der Waals surface area contributed by atoms with Crippen molar-refractivity contribution in [1.29, 1.82) is 0 Å². The van der Waals surface area contributed by atoms with Gasteiger partial charge in [-0.2, -0.15) is 0 Å². The number of hydrogen-bond donors (Lipinski definition) is 2. The minimum atomic E-state index is 0.185. The fourth-order valence-corrected chi connectivity index (χ4v) is 1.31. The lowest BCUT2D eigenvalue weighted by Gasteiger charge is -2.10. The molecule has 0 spiro atoms. The van der Waals surface area contributed by atoms with Crippen LogP contribution in [-0.2, 0) is 0 Å². The van der Waals surface area contributed by atoms with Gasteiger partial charge in [-0.25, -0.2) is 0 Å². The fraction of sp³-hybridized carbons (Fsp3) is 0.462. The Labute approximate surface area is 103 Å². The first-order valence-corrected chi connectivity index (χ1v) is 5.95. The SMILES string of the molecule is CCCN=C(N)Nc1ccc(OC(C)C)cc1. The van der Waals surface area contributed by atoms with Gasteiger partial charge in [0.05, 0.1) is 6.10 Å². The molecule has 4 nitrogen and oxygen atoms in total. The Morgan fingerprint density at radius 1 is 1.35 bits per heavy atom. The number of hydrogen-bond acceptors (Lipinski definition) is 2. The first-order chi connectivity index (χ1) is 8.11. The summed E-state index contributed by atoms with van der Waals surface area (Å²) in [5, 5.41) is 3.03. The van der Waals surface area contributed by atoms with E-state index in [1.165, 1.54) is 0 Å². The lowest BCUT2D eigenvalue weighted by molar-refractivity contribution is 0.242. The van der Waals surface area contributed by atoms with Crippen LogP contribution in [0.4, 0.5) is 5.69 Å². The van der Waals surface area contributed by atoms with E-state index in [1.54, 1.807) is 0 Å². The molecule has 0 aliphatic rings. The predicted octanol–water partition coefficient (Wildman–Crippen LogP) is 2.61. The highest BCUT2D eigenvalue weighted by Crippen LogP contribution is 2.16. The van der Waals surface area contributed by atoms with Gasteiger partial charge in [-0.1, -0.05) is 6.92 Å². The van der Waals surface area contributed by atoms with Crippen molar-refractivity contribution in [1.82, 2.24) is 0 Å². The Balaban J connectivity index is 2.56. The van der Waals surface area contributed by atoms with Gasteiger partial charge in [-0.3, -0.25) is 4.99 Å². The molecule has 1 aromatic carbocycles. The highest BCUT2D eigenvalue weighted by atomic mass is 16.5. The van der Waals surface area contributed by atoms with Gasteiger partial charge in [0.2, 0.25) is 0 Å². The van der Waals surface area contributed by atoms with Gasteiger partial charge in [-0.05, 0) is 44.5 Å². The number of rotatable bonds is 5. The van der Waals surface area contributed by atoms with E-state index in [9.17, 15) is 0 Å². The smallest absolute Gasteiger partial charge is 0.193 e. The van der Waals surface area contributed by atoms with Crippen LogP contribution in [0.5, 0.6) is 5.75 Å². The van der Waals surface area contributed by atoms with E-state index < -0.39 is 0 Å². The topological polar surface area (TPSA) is 59.6 Å². The normalized spacial score (nSPS) is 11.6. The number of aliphatic imine (C=N–C) groups is 1. The molecular formula is C13H21N3O. The Morgan fingerprint density at radius 3 is 2.53 bits per heavy atom. The van der Waals surface area contributed by atoms with Crippen LogP contribution in [0, 0.1) is 0 Å². The first-order valence-electron chi connectivity index (χ1n) is 5.95. The lowest BCUT2D eigenvalue weighted by Crippen LogP contribution is -2.22. The maximum absolute atomic E-state index is 5.72. The average molecular weight is 235 g/mol. The third-order valence-electron chi connectivity index (χ3n) is 2.00. The number of nitrogens with one attached hydrogen (secondary N) is 1. The molecule has 0 radical (unpaired) electrons. The zero-order valence-corrected chi connectivity index (χ0v) is 10.7. The Hall–Kier alpha value is -1.71. The van der Waals surface area contributed by atoms with Crippen molar-refractivity contribution >= 4 is 11.6 Å². The van der Waals surface area contributed by atoms with Crippen molar-refractivity contribution in [2.24, 2.45) is 10.7 Å². The molecule has 0 atom stereocenters. The monoisotopic (exact) mass is 235 g/mol. The van der Waals surface area contributed by atoms with Gasteiger partial charge in [0.15, 0.2) is 5.96 Å². The van der Waals surface area contributed by atoms with Gasteiger partial charge < -0.3 is 15.8 Å². The van der Waals surface area contributed by atoms with Crippen LogP contribution >= 0.6 is 0 Å². The second kappa shape index (κ2) is 6.78. The molecular weight excluding hydrogens is 214 g/mol. The fourth-order valence-electron chi connectivity index (χ4n) is 1.31. The Morgan fingerprint density at radius 2 is 2.00 bits per heavy atom. The van der Waals surface area contributed by atoms with Crippen molar-refractivity contribution in [2.45, 2.75) is 33.3 Å². The summed E-state index contributed by atoms with van der Waals surface area (Å²) in [6, 6.07) is 7.67. The van der Waals surface area contributed by atoms with Crippen molar-refractivity contribution < 1.29 is 4.74 Å². The molecule has 0 heterocycles. The largest absolute Gasteiger partial charge is 0.491 e. The highest BCUT2D eigenvalue weighted by Gasteiger charge is 1.98. The lowest BCUT2D eigenvalue weighted by atomic mass is 10.3. The molecule has 0 bridgehead atoms. The van der Waals surface area contributed by atoms with E-state index in [1.807, 2.05) is 38.1 Å². The van der Waals surface area contributed by atoms with Crippen LogP contribution < -0.4 is 15.8 Å². The minimum Gasteiger partial charge on any atom is -0.491 e. The number of nitrogens with two attached hydrogens (primary N) is 1. The van der Waals surface area contributed by atoms with Crippen LogP contribution in [-0.4, -0.2) is 18.6 Å². The van der Waals surface area contributed by atoms with Gasteiger partial charge in [-0.15, -0.1) is 0 Å². The number of guanidine groups is 1.